The minimum atomic E-state index is -0.311. The van der Waals surface area contributed by atoms with Crippen molar-refractivity contribution in [2.24, 2.45) is 0 Å². The average molecular weight is 240 g/mol. The van der Waals surface area contributed by atoms with Crippen molar-refractivity contribution in [3.8, 4) is 0 Å². The minimum Gasteiger partial charge on any atom is -0.397 e. The van der Waals surface area contributed by atoms with Crippen molar-refractivity contribution >= 4 is 11.4 Å². The minimum absolute atomic E-state index is 0.0106. The average Bonchev–Trinajstić information content (AvgIpc) is 2.31. The largest absolute Gasteiger partial charge is 0.397 e. The van der Waals surface area contributed by atoms with Crippen LogP contribution in [0.4, 0.5) is 15.8 Å². The zero-order valence-corrected chi connectivity index (χ0v) is 9.77. The SMILES string of the molecule is CC1CN(c2cc(F)ccc2N)CC(CO)O1. The molecule has 2 atom stereocenters. The number of hydrogen-bond donors (Lipinski definition) is 2. The standard InChI is InChI=1S/C12H17FN2O2/c1-8-5-15(6-10(7-16)17-8)12-4-9(13)2-3-11(12)14/h2-4,8,10,16H,5-7,14H2,1H3. The van der Waals surface area contributed by atoms with Crippen LogP contribution < -0.4 is 10.6 Å². The molecule has 4 nitrogen and oxygen atoms in total. The van der Waals surface area contributed by atoms with Gasteiger partial charge in [0.2, 0.25) is 0 Å². The molecule has 0 amide bonds. The molecule has 0 saturated carbocycles. The Bertz CT molecular complexity index is 400. The molecule has 0 aliphatic carbocycles. The van der Waals surface area contributed by atoms with E-state index in [1.807, 2.05) is 11.8 Å². The lowest BCUT2D eigenvalue weighted by Gasteiger charge is -2.38. The Labute approximate surface area is 99.8 Å². The van der Waals surface area contributed by atoms with Gasteiger partial charge in [-0.1, -0.05) is 0 Å². The zero-order valence-electron chi connectivity index (χ0n) is 9.77. The molecule has 1 fully saturated rings. The number of anilines is 2. The molecule has 94 valence electrons. The van der Waals surface area contributed by atoms with E-state index in [0.29, 0.717) is 24.5 Å². The number of aliphatic hydroxyl groups excluding tert-OH is 1. The smallest absolute Gasteiger partial charge is 0.125 e. The van der Waals surface area contributed by atoms with Crippen LogP contribution in [-0.2, 0) is 4.74 Å². The molecule has 1 aliphatic rings. The molecule has 17 heavy (non-hydrogen) atoms. The molecule has 0 bridgehead atoms. The third-order valence-electron chi connectivity index (χ3n) is 2.86. The van der Waals surface area contributed by atoms with Crippen molar-refractivity contribution in [1.82, 2.24) is 0 Å². The van der Waals surface area contributed by atoms with Crippen LogP contribution in [0, 0.1) is 5.82 Å². The summed E-state index contributed by atoms with van der Waals surface area (Å²) in [5, 5.41) is 9.14. The number of morpholine rings is 1. The van der Waals surface area contributed by atoms with Crippen molar-refractivity contribution < 1.29 is 14.2 Å². The van der Waals surface area contributed by atoms with Gasteiger partial charge in [-0.3, -0.25) is 0 Å². The first-order valence-corrected chi connectivity index (χ1v) is 5.66. The third-order valence-corrected chi connectivity index (χ3v) is 2.86. The monoisotopic (exact) mass is 240 g/mol. The van der Waals surface area contributed by atoms with Gasteiger partial charge in [-0.25, -0.2) is 4.39 Å². The number of aliphatic hydroxyl groups is 1. The first-order valence-electron chi connectivity index (χ1n) is 5.66. The number of hydrogen-bond acceptors (Lipinski definition) is 4. The van der Waals surface area contributed by atoms with Crippen molar-refractivity contribution in [2.45, 2.75) is 19.1 Å². The second-order valence-electron chi connectivity index (χ2n) is 4.36. The Hall–Kier alpha value is -1.33. The van der Waals surface area contributed by atoms with Crippen LogP contribution in [0.1, 0.15) is 6.92 Å². The molecule has 2 rings (SSSR count). The summed E-state index contributed by atoms with van der Waals surface area (Å²) in [7, 11) is 0. The summed E-state index contributed by atoms with van der Waals surface area (Å²) in [4.78, 5) is 1.95. The number of ether oxygens (including phenoxy) is 1. The van der Waals surface area contributed by atoms with Crippen molar-refractivity contribution in [2.75, 3.05) is 30.3 Å². The van der Waals surface area contributed by atoms with Gasteiger partial charge in [0.1, 0.15) is 5.82 Å². The van der Waals surface area contributed by atoms with Crippen molar-refractivity contribution in [3.63, 3.8) is 0 Å². The van der Waals surface area contributed by atoms with E-state index in [9.17, 15) is 4.39 Å². The van der Waals surface area contributed by atoms with E-state index in [4.69, 9.17) is 15.6 Å². The Morgan fingerprint density at radius 3 is 3.00 bits per heavy atom. The fourth-order valence-electron chi connectivity index (χ4n) is 2.13. The van der Waals surface area contributed by atoms with Crippen LogP contribution in [0.3, 0.4) is 0 Å². The van der Waals surface area contributed by atoms with Crippen LogP contribution in [0.25, 0.3) is 0 Å². The van der Waals surface area contributed by atoms with Crippen LogP contribution in [0.15, 0.2) is 18.2 Å². The molecule has 1 saturated heterocycles. The first-order chi connectivity index (χ1) is 8.10. The van der Waals surface area contributed by atoms with E-state index < -0.39 is 0 Å². The quantitative estimate of drug-likeness (QED) is 0.757. The Kier molecular flexibility index (Phi) is 3.49. The number of nitrogens with two attached hydrogens (primary N) is 1. The molecule has 0 radical (unpaired) electrons. The first kappa shape index (κ1) is 12.1. The summed E-state index contributed by atoms with van der Waals surface area (Å²) >= 11 is 0. The summed E-state index contributed by atoms with van der Waals surface area (Å²) in [5.41, 5.74) is 7.05. The molecule has 1 heterocycles. The van der Waals surface area contributed by atoms with Gasteiger partial charge in [0.15, 0.2) is 0 Å². The van der Waals surface area contributed by atoms with E-state index in [1.165, 1.54) is 12.1 Å². The molecule has 0 spiro atoms. The summed E-state index contributed by atoms with van der Waals surface area (Å²) in [6, 6.07) is 4.31. The van der Waals surface area contributed by atoms with E-state index >= 15 is 0 Å². The summed E-state index contributed by atoms with van der Waals surface area (Å²) in [6.07, 6.45) is -0.259. The van der Waals surface area contributed by atoms with Crippen LogP contribution in [-0.4, -0.2) is 37.0 Å². The van der Waals surface area contributed by atoms with Gasteiger partial charge in [-0.05, 0) is 25.1 Å². The van der Waals surface area contributed by atoms with Gasteiger partial charge in [0.05, 0.1) is 30.2 Å². The van der Waals surface area contributed by atoms with Gasteiger partial charge >= 0.3 is 0 Å². The maximum absolute atomic E-state index is 13.2. The molecule has 1 aromatic rings. The molecular formula is C12H17FN2O2. The number of halogens is 1. The normalized spacial score (nSPS) is 25.0. The fraction of sp³-hybridized carbons (Fsp3) is 0.500. The van der Waals surface area contributed by atoms with Crippen LogP contribution >= 0.6 is 0 Å². The van der Waals surface area contributed by atoms with E-state index in [2.05, 4.69) is 0 Å². The van der Waals surface area contributed by atoms with E-state index in [0.717, 1.165) is 0 Å². The van der Waals surface area contributed by atoms with E-state index in [1.54, 1.807) is 6.07 Å². The second kappa shape index (κ2) is 4.89. The molecular weight excluding hydrogens is 223 g/mol. The predicted molar refractivity (Wildman–Crippen MR) is 64.4 cm³/mol. The van der Waals surface area contributed by atoms with Gasteiger partial charge in [0, 0.05) is 13.1 Å². The lowest BCUT2D eigenvalue weighted by Crippen LogP contribution is -2.48. The number of benzene rings is 1. The summed E-state index contributed by atoms with van der Waals surface area (Å²) in [5.74, 6) is -0.311. The highest BCUT2D eigenvalue weighted by atomic mass is 19.1. The van der Waals surface area contributed by atoms with Gasteiger partial charge < -0.3 is 20.5 Å². The highest BCUT2D eigenvalue weighted by Gasteiger charge is 2.26. The lowest BCUT2D eigenvalue weighted by molar-refractivity contribution is -0.0420. The summed E-state index contributed by atoms with van der Waals surface area (Å²) < 4.78 is 18.7. The molecule has 1 aliphatic heterocycles. The lowest BCUT2D eigenvalue weighted by atomic mass is 10.1. The van der Waals surface area contributed by atoms with Gasteiger partial charge in [-0.2, -0.15) is 0 Å². The topological polar surface area (TPSA) is 58.7 Å². The number of nitrogen functional groups attached to an aromatic ring is 1. The number of nitrogens with zero attached hydrogens (tertiary/aromatic N) is 1. The molecule has 3 N–H and O–H groups in total. The fourth-order valence-corrected chi connectivity index (χ4v) is 2.13. The Balaban J connectivity index is 2.23. The highest BCUT2D eigenvalue weighted by Crippen LogP contribution is 2.27. The molecule has 2 unspecified atom stereocenters. The Morgan fingerprint density at radius 1 is 1.53 bits per heavy atom. The van der Waals surface area contributed by atoms with Gasteiger partial charge in [0.25, 0.3) is 0 Å². The second-order valence-corrected chi connectivity index (χ2v) is 4.36. The van der Waals surface area contributed by atoms with Crippen molar-refractivity contribution in [3.05, 3.63) is 24.0 Å². The highest BCUT2D eigenvalue weighted by molar-refractivity contribution is 5.67. The summed E-state index contributed by atoms with van der Waals surface area (Å²) in [6.45, 7) is 3.04. The molecule has 5 heteroatoms. The van der Waals surface area contributed by atoms with Gasteiger partial charge in [-0.15, -0.1) is 0 Å². The maximum atomic E-state index is 13.2. The number of rotatable bonds is 2. The molecule has 1 aromatic carbocycles. The van der Waals surface area contributed by atoms with Crippen LogP contribution in [0.2, 0.25) is 0 Å². The Morgan fingerprint density at radius 2 is 2.29 bits per heavy atom. The third kappa shape index (κ3) is 2.68. The van der Waals surface area contributed by atoms with E-state index in [-0.39, 0.29) is 24.6 Å². The van der Waals surface area contributed by atoms with Crippen LogP contribution in [0.5, 0.6) is 0 Å². The van der Waals surface area contributed by atoms with Crippen molar-refractivity contribution in [1.29, 1.82) is 0 Å². The molecule has 0 aromatic heterocycles. The maximum Gasteiger partial charge on any atom is 0.125 e. The predicted octanol–water partition coefficient (Wildman–Crippen LogP) is 0.994. The zero-order chi connectivity index (χ0) is 12.4.